The van der Waals surface area contributed by atoms with Crippen LogP contribution in [0.15, 0.2) is 77.7 Å². The summed E-state index contributed by atoms with van der Waals surface area (Å²) < 4.78 is 38.4. The van der Waals surface area contributed by atoms with Gasteiger partial charge >= 0.3 is 0 Å². The van der Waals surface area contributed by atoms with E-state index in [1.165, 1.54) is 36.4 Å². The topological polar surface area (TPSA) is 137 Å². The van der Waals surface area contributed by atoms with Crippen LogP contribution in [0.2, 0.25) is 0 Å². The number of benzene rings is 3. The van der Waals surface area contributed by atoms with Gasteiger partial charge in [0, 0.05) is 16.9 Å². The normalized spacial score (nSPS) is 10.8. The fourth-order valence-corrected chi connectivity index (χ4v) is 3.84. The van der Waals surface area contributed by atoms with Gasteiger partial charge in [0.25, 0.3) is 15.9 Å². The molecule has 3 aromatic rings. The molecule has 3 rings (SSSR count). The van der Waals surface area contributed by atoms with Crippen LogP contribution in [0.1, 0.15) is 17.3 Å². The fourth-order valence-electron chi connectivity index (χ4n) is 2.78. The van der Waals surface area contributed by atoms with Crippen LogP contribution in [0, 0.1) is 0 Å². The van der Waals surface area contributed by atoms with Gasteiger partial charge in [0.05, 0.1) is 11.5 Å². The number of nitrogens with one attached hydrogen (secondary N) is 2. The first-order valence-electron chi connectivity index (χ1n) is 9.95. The van der Waals surface area contributed by atoms with Gasteiger partial charge in [0.1, 0.15) is 11.5 Å². The van der Waals surface area contributed by atoms with Crippen molar-refractivity contribution >= 4 is 33.2 Å². The molecule has 0 fully saturated rings. The van der Waals surface area contributed by atoms with Crippen LogP contribution in [0.25, 0.3) is 0 Å². The zero-order valence-electron chi connectivity index (χ0n) is 17.8. The van der Waals surface area contributed by atoms with E-state index in [0.717, 1.165) is 0 Å². The van der Waals surface area contributed by atoms with Gasteiger partial charge in [-0.25, -0.2) is 8.42 Å². The number of amides is 2. The van der Waals surface area contributed by atoms with Crippen LogP contribution in [0.4, 0.5) is 11.4 Å². The molecule has 0 aliphatic heterocycles. The molecule has 9 nitrogen and oxygen atoms in total. The van der Waals surface area contributed by atoms with E-state index < -0.39 is 21.8 Å². The van der Waals surface area contributed by atoms with E-state index in [4.69, 9.17) is 15.2 Å². The van der Waals surface area contributed by atoms with Crippen molar-refractivity contribution in [2.75, 3.05) is 23.3 Å². The summed E-state index contributed by atoms with van der Waals surface area (Å²) in [6.07, 6.45) is 0. The number of nitrogens with two attached hydrogens (primary N) is 1. The molecule has 0 radical (unpaired) electrons. The van der Waals surface area contributed by atoms with Crippen molar-refractivity contribution in [1.29, 1.82) is 0 Å². The first-order valence-corrected chi connectivity index (χ1v) is 11.4. The van der Waals surface area contributed by atoms with Crippen LogP contribution >= 0.6 is 0 Å². The number of rotatable bonds is 10. The summed E-state index contributed by atoms with van der Waals surface area (Å²) in [6, 6.07) is 18.4. The molecule has 0 bridgehead atoms. The number of ether oxygens (including phenoxy) is 2. The zero-order chi connectivity index (χ0) is 23.8. The lowest BCUT2D eigenvalue weighted by molar-refractivity contribution is -0.118. The minimum atomic E-state index is -3.80. The van der Waals surface area contributed by atoms with Gasteiger partial charge in [-0.05, 0) is 79.7 Å². The van der Waals surface area contributed by atoms with E-state index in [1.54, 1.807) is 36.4 Å². The molecule has 0 heterocycles. The van der Waals surface area contributed by atoms with E-state index in [0.29, 0.717) is 35.0 Å². The van der Waals surface area contributed by atoms with Gasteiger partial charge in [-0.1, -0.05) is 0 Å². The van der Waals surface area contributed by atoms with Crippen LogP contribution in [0.5, 0.6) is 11.5 Å². The third-order valence-electron chi connectivity index (χ3n) is 4.37. The highest BCUT2D eigenvalue weighted by Crippen LogP contribution is 2.21. The molecule has 172 valence electrons. The minimum absolute atomic E-state index is 0.0442. The second-order valence-corrected chi connectivity index (χ2v) is 8.50. The molecule has 0 aliphatic rings. The number of hydrogen-bond donors (Lipinski definition) is 3. The molecule has 2 amide bonds. The maximum atomic E-state index is 12.6. The average molecular weight is 470 g/mol. The third-order valence-corrected chi connectivity index (χ3v) is 5.77. The zero-order valence-corrected chi connectivity index (χ0v) is 18.6. The Hall–Kier alpha value is -4.05. The molecule has 4 N–H and O–H groups in total. The summed E-state index contributed by atoms with van der Waals surface area (Å²) in [4.78, 5) is 23.2. The van der Waals surface area contributed by atoms with Crippen molar-refractivity contribution in [1.82, 2.24) is 0 Å². The van der Waals surface area contributed by atoms with Crippen molar-refractivity contribution in [2.45, 2.75) is 11.8 Å². The predicted molar refractivity (Wildman–Crippen MR) is 124 cm³/mol. The summed E-state index contributed by atoms with van der Waals surface area (Å²) >= 11 is 0. The van der Waals surface area contributed by atoms with Gasteiger partial charge < -0.3 is 20.5 Å². The Kier molecular flexibility index (Phi) is 7.52. The Labute approximate surface area is 191 Å². The van der Waals surface area contributed by atoms with E-state index in [2.05, 4.69) is 10.0 Å². The Balaban J connectivity index is 1.54. The van der Waals surface area contributed by atoms with Crippen LogP contribution in [0.3, 0.4) is 0 Å². The van der Waals surface area contributed by atoms with Crippen molar-refractivity contribution in [3.8, 4) is 11.5 Å². The van der Waals surface area contributed by atoms with Crippen LogP contribution < -0.4 is 25.2 Å². The number of anilines is 2. The smallest absolute Gasteiger partial charge is 0.262 e. The van der Waals surface area contributed by atoms with E-state index in [9.17, 15) is 18.0 Å². The molecule has 33 heavy (non-hydrogen) atoms. The lowest BCUT2D eigenvalue weighted by atomic mass is 10.2. The van der Waals surface area contributed by atoms with Crippen molar-refractivity contribution in [3.05, 3.63) is 78.4 Å². The maximum absolute atomic E-state index is 12.6. The molecule has 0 spiro atoms. The lowest BCUT2D eigenvalue weighted by Crippen LogP contribution is -2.20. The Morgan fingerprint density at radius 3 is 1.94 bits per heavy atom. The van der Waals surface area contributed by atoms with E-state index >= 15 is 0 Å². The Morgan fingerprint density at radius 1 is 0.818 bits per heavy atom. The molecule has 0 aliphatic carbocycles. The van der Waals surface area contributed by atoms with E-state index in [1.807, 2.05) is 6.92 Å². The number of carbonyl (C=O) groups is 2. The number of sulfonamides is 1. The number of carbonyl (C=O) groups excluding carboxylic acids is 2. The number of primary amides is 1. The lowest BCUT2D eigenvalue weighted by Gasteiger charge is -2.11. The molecule has 10 heteroatoms. The fraction of sp³-hybridized carbons (Fsp3) is 0.130. The third kappa shape index (κ3) is 6.71. The molecule has 0 saturated heterocycles. The van der Waals surface area contributed by atoms with Crippen molar-refractivity contribution < 1.29 is 27.5 Å². The summed E-state index contributed by atoms with van der Waals surface area (Å²) in [7, 11) is -3.80. The molecular weight excluding hydrogens is 446 g/mol. The van der Waals surface area contributed by atoms with Crippen molar-refractivity contribution in [3.63, 3.8) is 0 Å². The molecular formula is C23H23N3O6S. The van der Waals surface area contributed by atoms with Gasteiger partial charge in [-0.3, -0.25) is 14.3 Å². The van der Waals surface area contributed by atoms with Gasteiger partial charge in [0.2, 0.25) is 5.91 Å². The molecule has 0 unspecified atom stereocenters. The largest absolute Gasteiger partial charge is 0.494 e. The highest BCUT2D eigenvalue weighted by atomic mass is 32.2. The quantitative estimate of drug-likeness (QED) is 0.417. The molecule has 0 saturated carbocycles. The number of hydrogen-bond acceptors (Lipinski definition) is 6. The summed E-state index contributed by atoms with van der Waals surface area (Å²) in [5.41, 5.74) is 6.39. The SMILES string of the molecule is CCOc1ccc(NS(=O)(=O)c2ccc(OCC(=O)Nc3ccc(C(N)=O)cc3)cc2)cc1. The standard InChI is InChI=1S/C23H23N3O6S/c1-2-31-19-9-7-18(8-10-19)26-33(29,30)21-13-11-20(12-14-21)32-15-22(27)25-17-5-3-16(4-6-17)23(24)28/h3-14,26H,2,15H2,1H3,(H2,24,28)(H,25,27). The second-order valence-electron chi connectivity index (χ2n) is 6.81. The highest BCUT2D eigenvalue weighted by molar-refractivity contribution is 7.92. The second kappa shape index (κ2) is 10.5. The van der Waals surface area contributed by atoms with Gasteiger partial charge in [-0.2, -0.15) is 0 Å². The van der Waals surface area contributed by atoms with Crippen LogP contribution in [-0.2, 0) is 14.8 Å². The minimum Gasteiger partial charge on any atom is -0.494 e. The van der Waals surface area contributed by atoms with Crippen molar-refractivity contribution in [2.24, 2.45) is 5.73 Å². The van der Waals surface area contributed by atoms with Gasteiger partial charge in [0.15, 0.2) is 6.61 Å². The average Bonchev–Trinajstić information content (AvgIpc) is 2.80. The Bertz CT molecular complexity index is 1210. The summed E-state index contributed by atoms with van der Waals surface area (Å²) in [5, 5.41) is 2.62. The van der Waals surface area contributed by atoms with Crippen LogP contribution in [-0.4, -0.2) is 33.4 Å². The molecule has 0 aromatic heterocycles. The highest BCUT2D eigenvalue weighted by Gasteiger charge is 2.14. The Morgan fingerprint density at radius 2 is 1.36 bits per heavy atom. The van der Waals surface area contributed by atoms with Gasteiger partial charge in [-0.15, -0.1) is 0 Å². The summed E-state index contributed by atoms with van der Waals surface area (Å²) in [6.45, 7) is 2.10. The predicted octanol–water partition coefficient (Wildman–Crippen LogP) is 3.00. The van der Waals surface area contributed by atoms with E-state index in [-0.39, 0.29) is 11.5 Å². The monoisotopic (exact) mass is 469 g/mol. The first-order chi connectivity index (χ1) is 15.8. The maximum Gasteiger partial charge on any atom is 0.262 e. The molecule has 0 atom stereocenters. The molecule has 3 aromatic carbocycles. The first kappa shape index (κ1) is 23.6. The summed E-state index contributed by atoms with van der Waals surface area (Å²) in [5.74, 6) is -0.00468.